The molecule has 0 atom stereocenters. The molecule has 2 aromatic carbocycles. The molecular formula is C12H8Br2N2. The number of benzene rings is 2. The summed E-state index contributed by atoms with van der Waals surface area (Å²) in [6.45, 7) is 0. The van der Waals surface area contributed by atoms with Crippen molar-refractivity contribution in [3.05, 3.63) is 57.5 Å². The van der Waals surface area contributed by atoms with Crippen molar-refractivity contribution in [2.45, 2.75) is 0 Å². The number of azo groups is 1. The lowest BCUT2D eigenvalue weighted by Gasteiger charge is -1.97. The van der Waals surface area contributed by atoms with Gasteiger partial charge in [-0.1, -0.05) is 24.3 Å². The summed E-state index contributed by atoms with van der Waals surface area (Å²) in [5.41, 5.74) is 1.64. The first-order valence-electron chi connectivity index (χ1n) is 4.68. The van der Waals surface area contributed by atoms with Crippen molar-refractivity contribution in [1.82, 2.24) is 0 Å². The van der Waals surface area contributed by atoms with E-state index in [-0.39, 0.29) is 0 Å². The summed E-state index contributed by atoms with van der Waals surface area (Å²) in [5, 5.41) is 8.37. The topological polar surface area (TPSA) is 24.7 Å². The first kappa shape index (κ1) is 11.5. The Morgan fingerprint density at radius 2 is 1.00 bits per heavy atom. The molecule has 0 N–H and O–H groups in total. The zero-order valence-electron chi connectivity index (χ0n) is 8.27. The molecule has 0 aromatic heterocycles. The van der Waals surface area contributed by atoms with Crippen molar-refractivity contribution in [3.63, 3.8) is 0 Å². The van der Waals surface area contributed by atoms with E-state index in [2.05, 4.69) is 42.1 Å². The monoisotopic (exact) mass is 338 g/mol. The predicted octanol–water partition coefficient (Wildman–Crippen LogP) is 5.63. The fourth-order valence-electron chi connectivity index (χ4n) is 1.17. The molecule has 2 aromatic rings. The summed E-state index contributed by atoms with van der Waals surface area (Å²) in [4.78, 5) is 0. The van der Waals surface area contributed by atoms with Gasteiger partial charge in [-0.3, -0.25) is 0 Å². The van der Waals surface area contributed by atoms with Crippen LogP contribution in [0.25, 0.3) is 0 Å². The summed E-state index contributed by atoms with van der Waals surface area (Å²) in [6.07, 6.45) is 0. The zero-order chi connectivity index (χ0) is 11.4. The standard InChI is InChI=1S/C12H8Br2N2/c13-9-5-1-3-7-11(9)15-16-12-8-4-2-6-10(12)14/h1-8H. The van der Waals surface area contributed by atoms with E-state index in [0.717, 1.165) is 20.3 Å². The molecule has 0 amide bonds. The van der Waals surface area contributed by atoms with Crippen LogP contribution in [-0.4, -0.2) is 0 Å². The van der Waals surface area contributed by atoms with E-state index >= 15 is 0 Å². The van der Waals surface area contributed by atoms with Crippen LogP contribution in [0.4, 0.5) is 11.4 Å². The normalized spacial score (nSPS) is 10.9. The maximum absolute atomic E-state index is 4.18. The Balaban J connectivity index is 2.29. The molecule has 80 valence electrons. The van der Waals surface area contributed by atoms with Crippen LogP contribution in [0.2, 0.25) is 0 Å². The fraction of sp³-hybridized carbons (Fsp3) is 0. The molecule has 0 unspecified atom stereocenters. The molecule has 0 bridgehead atoms. The van der Waals surface area contributed by atoms with Gasteiger partial charge in [0.2, 0.25) is 0 Å². The highest BCUT2D eigenvalue weighted by Gasteiger charge is 1.97. The average molecular weight is 340 g/mol. The molecule has 4 heteroatoms. The van der Waals surface area contributed by atoms with Gasteiger partial charge in [0.25, 0.3) is 0 Å². The first-order chi connectivity index (χ1) is 7.77. The molecule has 2 nitrogen and oxygen atoms in total. The Bertz CT molecular complexity index is 476. The van der Waals surface area contributed by atoms with Gasteiger partial charge in [-0.15, -0.1) is 10.2 Å². The maximum atomic E-state index is 4.18. The number of hydrogen-bond acceptors (Lipinski definition) is 2. The fourth-order valence-corrected chi connectivity index (χ4v) is 1.90. The molecular weight excluding hydrogens is 332 g/mol. The van der Waals surface area contributed by atoms with Crippen LogP contribution < -0.4 is 0 Å². The lowest BCUT2D eigenvalue weighted by Crippen LogP contribution is -1.68. The Morgan fingerprint density at radius 1 is 0.625 bits per heavy atom. The van der Waals surface area contributed by atoms with Crippen LogP contribution >= 0.6 is 31.9 Å². The molecule has 0 saturated heterocycles. The maximum Gasteiger partial charge on any atom is 0.0998 e. The van der Waals surface area contributed by atoms with Crippen molar-refractivity contribution < 1.29 is 0 Å². The summed E-state index contributed by atoms with van der Waals surface area (Å²) in [7, 11) is 0. The van der Waals surface area contributed by atoms with E-state index in [4.69, 9.17) is 0 Å². The van der Waals surface area contributed by atoms with Crippen LogP contribution in [0, 0.1) is 0 Å². The van der Waals surface area contributed by atoms with Crippen LogP contribution in [0.1, 0.15) is 0 Å². The summed E-state index contributed by atoms with van der Waals surface area (Å²) in [5.74, 6) is 0. The number of halogens is 2. The van der Waals surface area contributed by atoms with Crippen LogP contribution in [0.15, 0.2) is 67.7 Å². The molecule has 0 aliphatic rings. The predicted molar refractivity (Wildman–Crippen MR) is 72.5 cm³/mol. The second kappa shape index (κ2) is 5.37. The summed E-state index contributed by atoms with van der Waals surface area (Å²) in [6, 6.07) is 15.4. The largest absolute Gasteiger partial charge is 0.149 e. The Hall–Kier alpha value is -1.000. The molecule has 0 aliphatic carbocycles. The van der Waals surface area contributed by atoms with Gasteiger partial charge in [0.15, 0.2) is 0 Å². The number of hydrogen-bond donors (Lipinski definition) is 0. The third-order valence-electron chi connectivity index (χ3n) is 1.97. The van der Waals surface area contributed by atoms with Crippen LogP contribution in [0.5, 0.6) is 0 Å². The average Bonchev–Trinajstić information content (AvgIpc) is 2.30. The molecule has 0 saturated carbocycles. The van der Waals surface area contributed by atoms with Crippen molar-refractivity contribution in [1.29, 1.82) is 0 Å². The molecule has 0 heterocycles. The third-order valence-corrected chi connectivity index (χ3v) is 3.31. The highest BCUT2D eigenvalue weighted by atomic mass is 79.9. The molecule has 2 rings (SSSR count). The van der Waals surface area contributed by atoms with Gasteiger partial charge in [0.05, 0.1) is 11.4 Å². The van der Waals surface area contributed by atoms with Gasteiger partial charge in [-0.05, 0) is 56.1 Å². The second-order valence-electron chi connectivity index (χ2n) is 3.10. The Labute approximate surface area is 111 Å². The van der Waals surface area contributed by atoms with Gasteiger partial charge < -0.3 is 0 Å². The van der Waals surface area contributed by atoms with Gasteiger partial charge in [0, 0.05) is 8.95 Å². The molecule has 0 aliphatic heterocycles. The van der Waals surface area contributed by atoms with E-state index < -0.39 is 0 Å². The van der Waals surface area contributed by atoms with Crippen LogP contribution in [0.3, 0.4) is 0 Å². The second-order valence-corrected chi connectivity index (χ2v) is 4.81. The van der Waals surface area contributed by atoms with E-state index in [0.29, 0.717) is 0 Å². The minimum atomic E-state index is 0.818. The lowest BCUT2D eigenvalue weighted by molar-refractivity contribution is 1.22. The van der Waals surface area contributed by atoms with Crippen molar-refractivity contribution in [2.24, 2.45) is 10.2 Å². The minimum Gasteiger partial charge on any atom is -0.149 e. The SMILES string of the molecule is Brc1ccccc1N=Nc1ccccc1Br. The highest BCUT2D eigenvalue weighted by Crippen LogP contribution is 2.29. The Morgan fingerprint density at radius 3 is 1.38 bits per heavy atom. The van der Waals surface area contributed by atoms with Crippen molar-refractivity contribution in [3.8, 4) is 0 Å². The summed E-state index contributed by atoms with van der Waals surface area (Å²) >= 11 is 6.85. The van der Waals surface area contributed by atoms with E-state index in [1.54, 1.807) is 0 Å². The van der Waals surface area contributed by atoms with Gasteiger partial charge in [-0.2, -0.15) is 0 Å². The van der Waals surface area contributed by atoms with Crippen molar-refractivity contribution >= 4 is 43.2 Å². The van der Waals surface area contributed by atoms with Gasteiger partial charge in [0.1, 0.15) is 0 Å². The third kappa shape index (κ3) is 2.77. The van der Waals surface area contributed by atoms with E-state index in [1.807, 2.05) is 48.5 Å². The van der Waals surface area contributed by atoms with Gasteiger partial charge >= 0.3 is 0 Å². The first-order valence-corrected chi connectivity index (χ1v) is 6.27. The smallest absolute Gasteiger partial charge is 0.0998 e. The molecule has 0 radical (unpaired) electrons. The molecule has 16 heavy (non-hydrogen) atoms. The van der Waals surface area contributed by atoms with Gasteiger partial charge in [-0.25, -0.2) is 0 Å². The quantitative estimate of drug-likeness (QED) is 0.634. The Kier molecular flexibility index (Phi) is 3.85. The van der Waals surface area contributed by atoms with Crippen LogP contribution in [-0.2, 0) is 0 Å². The van der Waals surface area contributed by atoms with E-state index in [1.165, 1.54) is 0 Å². The summed E-state index contributed by atoms with van der Waals surface area (Å²) < 4.78 is 1.87. The van der Waals surface area contributed by atoms with Crippen molar-refractivity contribution in [2.75, 3.05) is 0 Å². The highest BCUT2D eigenvalue weighted by molar-refractivity contribution is 9.11. The zero-order valence-corrected chi connectivity index (χ0v) is 11.4. The van der Waals surface area contributed by atoms with E-state index in [9.17, 15) is 0 Å². The minimum absolute atomic E-state index is 0.818. The number of nitrogens with zero attached hydrogens (tertiary/aromatic N) is 2. The molecule has 0 fully saturated rings. The molecule has 0 spiro atoms. The lowest BCUT2D eigenvalue weighted by atomic mass is 10.3. The number of rotatable bonds is 2.